The van der Waals surface area contributed by atoms with Crippen molar-refractivity contribution in [2.75, 3.05) is 5.32 Å². The van der Waals surface area contributed by atoms with Crippen LogP contribution < -0.4 is 5.32 Å². The molecule has 2 aromatic carbocycles. The summed E-state index contributed by atoms with van der Waals surface area (Å²) in [4.78, 5) is 26.3. The second-order valence-electron chi connectivity index (χ2n) is 5.88. The van der Waals surface area contributed by atoms with Crippen molar-refractivity contribution >= 4 is 34.5 Å². The fourth-order valence-electron chi connectivity index (χ4n) is 2.65. The molecule has 5 heteroatoms. The Hall–Kier alpha value is -3.34. The Morgan fingerprint density at radius 1 is 1.08 bits per heavy atom. The lowest BCUT2D eigenvalue weighted by atomic mass is 10.1. The monoisotopic (exact) mass is 334 g/mol. The molecule has 0 unspecified atom stereocenters. The molecule has 3 rings (SSSR count). The van der Waals surface area contributed by atoms with Crippen LogP contribution in [0.4, 0.5) is 5.69 Å². The van der Waals surface area contributed by atoms with Crippen LogP contribution in [0.3, 0.4) is 0 Å². The van der Waals surface area contributed by atoms with Crippen LogP contribution in [-0.4, -0.2) is 22.0 Å². The number of nitrogens with one attached hydrogen (secondary N) is 2. The molecule has 1 aromatic heterocycles. The molecule has 25 heavy (non-hydrogen) atoms. The van der Waals surface area contributed by atoms with Crippen molar-refractivity contribution in [2.45, 2.75) is 13.8 Å². The zero-order valence-corrected chi connectivity index (χ0v) is 14.0. The van der Waals surface area contributed by atoms with E-state index in [0.717, 1.165) is 33.8 Å². The fraction of sp³-hybridized carbons (Fsp3) is 0.100. The van der Waals surface area contributed by atoms with Gasteiger partial charge in [-0.2, -0.15) is 0 Å². The minimum atomic E-state index is -0.997. The predicted octanol–water partition coefficient (Wildman–Crippen LogP) is 4.13. The van der Waals surface area contributed by atoms with Crippen molar-refractivity contribution in [3.8, 4) is 0 Å². The Kier molecular flexibility index (Phi) is 4.39. The number of carbonyl (C=O) groups excluding carboxylic acids is 1. The molecule has 0 saturated heterocycles. The summed E-state index contributed by atoms with van der Waals surface area (Å²) in [5.74, 6) is -1.18. The summed E-state index contributed by atoms with van der Waals surface area (Å²) >= 11 is 0. The Morgan fingerprint density at radius 3 is 2.48 bits per heavy atom. The lowest BCUT2D eigenvalue weighted by molar-refractivity contribution is -0.131. The van der Waals surface area contributed by atoms with Gasteiger partial charge in [-0.25, -0.2) is 4.79 Å². The molecule has 0 spiro atoms. The first kappa shape index (κ1) is 16.5. The molecule has 0 radical (unpaired) electrons. The molecule has 0 aliphatic heterocycles. The summed E-state index contributed by atoms with van der Waals surface area (Å²) in [7, 11) is 0. The summed E-state index contributed by atoms with van der Waals surface area (Å²) in [6, 6.07) is 12.6. The summed E-state index contributed by atoms with van der Waals surface area (Å²) < 4.78 is 0. The van der Waals surface area contributed by atoms with Gasteiger partial charge in [0.25, 0.3) is 5.91 Å². The number of fused-ring (bicyclic) bond motifs is 1. The molecule has 1 amide bonds. The minimum Gasteiger partial charge on any atom is -0.478 e. The Bertz CT molecular complexity index is 982. The van der Waals surface area contributed by atoms with Crippen LogP contribution in [0.5, 0.6) is 0 Å². The van der Waals surface area contributed by atoms with Gasteiger partial charge >= 0.3 is 5.97 Å². The van der Waals surface area contributed by atoms with Gasteiger partial charge in [0.2, 0.25) is 0 Å². The van der Waals surface area contributed by atoms with Crippen LogP contribution in [0.25, 0.3) is 17.0 Å². The Morgan fingerprint density at radius 2 is 1.80 bits per heavy atom. The zero-order valence-electron chi connectivity index (χ0n) is 14.0. The molecule has 3 aromatic rings. The third kappa shape index (κ3) is 3.61. The molecule has 0 aliphatic rings. The maximum Gasteiger partial charge on any atom is 0.328 e. The first-order chi connectivity index (χ1) is 11.9. The van der Waals surface area contributed by atoms with E-state index in [9.17, 15) is 9.59 Å². The van der Waals surface area contributed by atoms with Crippen LogP contribution in [0, 0.1) is 13.8 Å². The minimum absolute atomic E-state index is 0.186. The number of carboxylic acids is 1. The third-order valence-corrected chi connectivity index (χ3v) is 4.16. The van der Waals surface area contributed by atoms with Crippen molar-refractivity contribution in [1.29, 1.82) is 0 Å². The van der Waals surface area contributed by atoms with Crippen molar-refractivity contribution in [3.63, 3.8) is 0 Å². The van der Waals surface area contributed by atoms with E-state index in [2.05, 4.69) is 10.3 Å². The highest BCUT2D eigenvalue weighted by Gasteiger charge is 2.10. The van der Waals surface area contributed by atoms with Crippen LogP contribution in [0.1, 0.15) is 27.2 Å². The molecule has 1 heterocycles. The van der Waals surface area contributed by atoms with Crippen LogP contribution in [-0.2, 0) is 4.79 Å². The van der Waals surface area contributed by atoms with Gasteiger partial charge in [-0.3, -0.25) is 4.79 Å². The van der Waals surface area contributed by atoms with E-state index < -0.39 is 5.97 Å². The lowest BCUT2D eigenvalue weighted by Gasteiger charge is -2.06. The number of hydrogen-bond donors (Lipinski definition) is 3. The van der Waals surface area contributed by atoms with Gasteiger partial charge in [0, 0.05) is 33.9 Å². The summed E-state index contributed by atoms with van der Waals surface area (Å²) in [6.45, 7) is 4.04. The average molecular weight is 334 g/mol. The summed E-state index contributed by atoms with van der Waals surface area (Å²) in [6.07, 6.45) is 2.57. The smallest absolute Gasteiger partial charge is 0.328 e. The summed E-state index contributed by atoms with van der Waals surface area (Å²) in [5.41, 5.74) is 5.24. The quantitative estimate of drug-likeness (QED) is 0.627. The molecular formula is C20H18N2O3. The number of aromatic nitrogens is 1. The molecule has 5 nitrogen and oxygen atoms in total. The van der Waals surface area contributed by atoms with Crippen molar-refractivity contribution < 1.29 is 14.7 Å². The Labute approximate surface area is 145 Å². The number of hydrogen-bond acceptors (Lipinski definition) is 2. The van der Waals surface area contributed by atoms with E-state index in [1.54, 1.807) is 30.3 Å². The van der Waals surface area contributed by atoms with Gasteiger partial charge in [0.1, 0.15) is 0 Å². The molecule has 126 valence electrons. The molecule has 0 aliphatic carbocycles. The number of H-pyrrole nitrogens is 1. The van der Waals surface area contributed by atoms with E-state index in [-0.39, 0.29) is 5.91 Å². The van der Waals surface area contributed by atoms with Crippen molar-refractivity contribution in [2.24, 2.45) is 0 Å². The number of aromatic amines is 1. The highest BCUT2D eigenvalue weighted by Crippen LogP contribution is 2.23. The number of carboxylic acid groups (broad SMARTS) is 1. The van der Waals surface area contributed by atoms with Gasteiger partial charge in [-0.15, -0.1) is 0 Å². The third-order valence-electron chi connectivity index (χ3n) is 4.16. The normalized spacial score (nSPS) is 11.1. The number of amides is 1. The molecule has 0 fully saturated rings. The highest BCUT2D eigenvalue weighted by molar-refractivity contribution is 6.06. The molecule has 0 saturated carbocycles. The maximum atomic E-state index is 12.5. The number of aryl methyl sites for hydroxylation is 2. The van der Waals surface area contributed by atoms with Crippen LogP contribution in [0.15, 0.2) is 48.5 Å². The number of anilines is 1. The first-order valence-corrected chi connectivity index (χ1v) is 7.85. The second-order valence-corrected chi connectivity index (χ2v) is 5.88. The van der Waals surface area contributed by atoms with Crippen LogP contribution in [0.2, 0.25) is 0 Å². The molecule has 0 atom stereocenters. The predicted molar refractivity (Wildman–Crippen MR) is 98.8 cm³/mol. The average Bonchev–Trinajstić information content (AvgIpc) is 2.88. The van der Waals surface area contributed by atoms with Crippen molar-refractivity contribution in [1.82, 2.24) is 4.98 Å². The van der Waals surface area contributed by atoms with E-state index in [1.807, 2.05) is 26.0 Å². The number of aliphatic carboxylic acids is 1. The largest absolute Gasteiger partial charge is 0.478 e. The standard InChI is InChI=1S/C20H18N2O3/c1-12-13(2)21-18-9-6-15(11-17(12)18)20(25)22-16-7-3-14(4-8-16)5-10-19(23)24/h3-11,21H,1-2H3,(H,22,25)(H,23,24)/b10-5+. The first-order valence-electron chi connectivity index (χ1n) is 7.85. The lowest BCUT2D eigenvalue weighted by Crippen LogP contribution is -2.11. The maximum absolute atomic E-state index is 12.5. The molecule has 0 bridgehead atoms. The van der Waals surface area contributed by atoms with Gasteiger partial charge in [-0.1, -0.05) is 12.1 Å². The van der Waals surface area contributed by atoms with E-state index >= 15 is 0 Å². The molecular weight excluding hydrogens is 316 g/mol. The number of rotatable bonds is 4. The highest BCUT2D eigenvalue weighted by atomic mass is 16.4. The van der Waals surface area contributed by atoms with Gasteiger partial charge in [-0.05, 0) is 61.4 Å². The van der Waals surface area contributed by atoms with Gasteiger partial charge < -0.3 is 15.4 Å². The summed E-state index contributed by atoms with van der Waals surface area (Å²) in [5, 5.41) is 12.5. The topological polar surface area (TPSA) is 82.2 Å². The molecule has 3 N–H and O–H groups in total. The number of carbonyl (C=O) groups is 2. The van der Waals surface area contributed by atoms with Gasteiger partial charge in [0.05, 0.1) is 0 Å². The van der Waals surface area contributed by atoms with E-state index in [4.69, 9.17) is 5.11 Å². The Balaban J connectivity index is 1.78. The van der Waals surface area contributed by atoms with Gasteiger partial charge in [0.15, 0.2) is 0 Å². The number of benzene rings is 2. The van der Waals surface area contributed by atoms with E-state index in [1.165, 1.54) is 6.08 Å². The van der Waals surface area contributed by atoms with Crippen LogP contribution >= 0.6 is 0 Å². The second kappa shape index (κ2) is 6.65. The zero-order chi connectivity index (χ0) is 18.0. The van der Waals surface area contributed by atoms with Crippen molar-refractivity contribution in [3.05, 3.63) is 70.9 Å². The van der Waals surface area contributed by atoms with E-state index in [0.29, 0.717) is 11.3 Å². The SMILES string of the molecule is Cc1[nH]c2ccc(C(=O)Nc3ccc(/C=C/C(=O)O)cc3)cc2c1C. The fourth-order valence-corrected chi connectivity index (χ4v) is 2.65.